The number of nitrogens with one attached hydrogen (secondary N) is 1. The number of anilines is 1. The number of hydrogen-bond acceptors (Lipinski definition) is 2. The van der Waals surface area contributed by atoms with Crippen molar-refractivity contribution in [1.29, 1.82) is 5.26 Å². The van der Waals surface area contributed by atoms with Gasteiger partial charge in [-0.1, -0.05) is 79.7 Å². The van der Waals surface area contributed by atoms with Gasteiger partial charge in [0.1, 0.15) is 22.0 Å². The van der Waals surface area contributed by atoms with Crippen molar-refractivity contribution in [1.82, 2.24) is 0 Å². The average Bonchev–Trinajstić information content (AvgIpc) is 2.88. The van der Waals surface area contributed by atoms with E-state index in [1.54, 1.807) is 0 Å². The molecule has 0 spiro atoms. The Labute approximate surface area is 214 Å². The first-order valence-electron chi connectivity index (χ1n) is 10.8. The molecular weight excluding hydrogens is 534 g/mol. The smallest absolute Gasteiger partial charge is 0.204 e. The molecule has 4 heteroatoms. The molecule has 4 aromatic rings. The van der Waals surface area contributed by atoms with E-state index in [-0.39, 0.29) is 24.0 Å². The van der Waals surface area contributed by atoms with E-state index in [4.69, 9.17) is 0 Å². The Morgan fingerprint density at radius 2 is 1.03 bits per heavy atom. The second kappa shape index (κ2) is 11.8. The van der Waals surface area contributed by atoms with Gasteiger partial charge in [-0.05, 0) is 55.0 Å². The quantitative estimate of drug-likeness (QED) is 0.152. The fraction of sp³-hybridized carbons (Fsp3) is 0.0690. The molecule has 164 valence electrons. The van der Waals surface area contributed by atoms with Crippen LogP contribution in [0.1, 0.15) is 13.3 Å². The Kier molecular flexibility index (Phi) is 8.83. The SMILES string of the molecule is CC/C(Nc1ccccc1)=C(/C#N)[P+](c1ccccc1)(c1ccccc1)c1ccccc1.I. The van der Waals surface area contributed by atoms with E-state index in [1.165, 1.54) is 15.9 Å². The number of hydrogen-bond donors (Lipinski definition) is 1. The minimum Gasteiger partial charge on any atom is -0.355 e. The lowest BCUT2D eigenvalue weighted by Gasteiger charge is -2.28. The molecule has 0 aliphatic heterocycles. The zero-order valence-corrected chi connectivity index (χ0v) is 21.8. The van der Waals surface area contributed by atoms with Gasteiger partial charge >= 0.3 is 0 Å². The standard InChI is InChI=1S/C29H26N2P.HI/c1-2-28(31-24-15-7-3-8-16-24)29(23-30)32(25-17-9-4-10-18-25,26-19-11-5-12-20-26)27-21-13-6-14-22-27;/h3-22,31H,2H2,1H3;1H/q+1;/b29-28+;. The third-order valence-corrected chi connectivity index (χ3v) is 9.84. The predicted molar refractivity (Wildman–Crippen MR) is 154 cm³/mol. The summed E-state index contributed by atoms with van der Waals surface area (Å²) in [7, 11) is -2.42. The number of halogens is 1. The number of nitrogens with zero attached hydrogens (tertiary/aromatic N) is 1. The summed E-state index contributed by atoms with van der Waals surface area (Å²) in [6.07, 6.45) is 0.728. The summed E-state index contributed by atoms with van der Waals surface area (Å²) in [5, 5.41) is 18.6. The molecule has 4 aromatic carbocycles. The molecule has 0 atom stereocenters. The highest BCUT2D eigenvalue weighted by molar-refractivity contribution is 14.0. The van der Waals surface area contributed by atoms with Gasteiger partial charge in [0.2, 0.25) is 5.31 Å². The Bertz CT molecular complexity index is 1120. The number of rotatable bonds is 7. The molecule has 0 radical (unpaired) electrons. The molecule has 2 nitrogen and oxygen atoms in total. The van der Waals surface area contributed by atoms with Crippen molar-refractivity contribution in [2.45, 2.75) is 13.3 Å². The minimum absolute atomic E-state index is 0. The zero-order chi connectivity index (χ0) is 22.2. The van der Waals surface area contributed by atoms with E-state index >= 15 is 0 Å². The maximum absolute atomic E-state index is 10.7. The fourth-order valence-electron chi connectivity index (χ4n) is 4.14. The highest BCUT2D eigenvalue weighted by atomic mass is 127. The van der Waals surface area contributed by atoms with Crippen LogP contribution in [0.2, 0.25) is 0 Å². The lowest BCUT2D eigenvalue weighted by atomic mass is 10.2. The number of allylic oxidation sites excluding steroid dienone is 2. The van der Waals surface area contributed by atoms with Crippen LogP contribution in [0.3, 0.4) is 0 Å². The van der Waals surface area contributed by atoms with Crippen LogP contribution >= 0.6 is 31.2 Å². The minimum atomic E-state index is -2.42. The van der Waals surface area contributed by atoms with Crippen molar-refractivity contribution in [3.63, 3.8) is 0 Å². The summed E-state index contributed by atoms with van der Waals surface area (Å²) in [5.41, 5.74) is 1.95. The van der Waals surface area contributed by atoms with Crippen LogP contribution in [0.15, 0.2) is 132 Å². The van der Waals surface area contributed by atoms with Crippen molar-refractivity contribution in [2.75, 3.05) is 5.32 Å². The van der Waals surface area contributed by atoms with Crippen LogP contribution in [-0.2, 0) is 0 Å². The monoisotopic (exact) mass is 561 g/mol. The Hall–Kier alpha value is -2.93. The molecule has 0 aromatic heterocycles. The molecule has 0 fully saturated rings. The van der Waals surface area contributed by atoms with E-state index in [1.807, 2.05) is 48.5 Å². The molecule has 4 rings (SSSR count). The van der Waals surface area contributed by atoms with Gasteiger partial charge in [0.15, 0.2) is 7.26 Å². The third-order valence-electron chi connectivity index (χ3n) is 5.58. The Balaban J connectivity index is 0.00000306. The van der Waals surface area contributed by atoms with Gasteiger partial charge in [-0.15, -0.1) is 24.0 Å². The van der Waals surface area contributed by atoms with E-state index in [0.717, 1.165) is 23.1 Å². The van der Waals surface area contributed by atoms with Gasteiger partial charge in [-0.25, -0.2) is 0 Å². The van der Waals surface area contributed by atoms with Crippen LogP contribution in [0.5, 0.6) is 0 Å². The summed E-state index contributed by atoms with van der Waals surface area (Å²) >= 11 is 0. The van der Waals surface area contributed by atoms with Crippen LogP contribution in [0.25, 0.3) is 0 Å². The molecule has 0 heterocycles. The van der Waals surface area contributed by atoms with Crippen molar-refractivity contribution in [3.05, 3.63) is 132 Å². The predicted octanol–water partition coefficient (Wildman–Crippen LogP) is 6.86. The summed E-state index contributed by atoms with van der Waals surface area (Å²) in [6, 6.07) is 44.3. The van der Waals surface area contributed by atoms with Crippen LogP contribution < -0.4 is 21.2 Å². The first kappa shape index (κ1) is 24.7. The van der Waals surface area contributed by atoms with E-state index < -0.39 is 7.26 Å². The molecule has 0 amide bonds. The molecule has 0 saturated carbocycles. The van der Waals surface area contributed by atoms with Crippen molar-refractivity contribution < 1.29 is 0 Å². The third kappa shape index (κ3) is 5.03. The fourth-order valence-corrected chi connectivity index (χ4v) is 8.44. The molecular formula is C29H27IN2P+. The molecule has 0 unspecified atom stereocenters. The normalized spacial score (nSPS) is 11.5. The van der Waals surface area contributed by atoms with Gasteiger partial charge in [0, 0.05) is 5.69 Å². The first-order chi connectivity index (χ1) is 15.8. The maximum Gasteiger partial charge on any atom is 0.204 e. The Morgan fingerprint density at radius 1 is 0.667 bits per heavy atom. The molecule has 0 saturated heterocycles. The zero-order valence-electron chi connectivity index (χ0n) is 18.6. The number of para-hydroxylation sites is 1. The van der Waals surface area contributed by atoms with Crippen molar-refractivity contribution in [2.24, 2.45) is 0 Å². The van der Waals surface area contributed by atoms with Crippen LogP contribution in [0.4, 0.5) is 5.69 Å². The van der Waals surface area contributed by atoms with Gasteiger partial charge in [0.25, 0.3) is 0 Å². The topological polar surface area (TPSA) is 35.8 Å². The summed E-state index contributed by atoms with van der Waals surface area (Å²) in [6.45, 7) is 2.11. The molecule has 1 N–H and O–H groups in total. The van der Waals surface area contributed by atoms with E-state index in [0.29, 0.717) is 0 Å². The molecule has 33 heavy (non-hydrogen) atoms. The van der Waals surface area contributed by atoms with Gasteiger partial charge in [-0.3, -0.25) is 0 Å². The summed E-state index contributed by atoms with van der Waals surface area (Å²) in [5.74, 6) is 0. The maximum atomic E-state index is 10.7. The largest absolute Gasteiger partial charge is 0.355 e. The molecule has 0 aliphatic rings. The lowest BCUT2D eigenvalue weighted by molar-refractivity contribution is 1.10. The van der Waals surface area contributed by atoms with Gasteiger partial charge < -0.3 is 5.32 Å². The second-order valence-electron chi connectivity index (χ2n) is 7.46. The van der Waals surface area contributed by atoms with E-state index in [9.17, 15) is 5.26 Å². The molecule has 0 bridgehead atoms. The molecule has 0 aliphatic carbocycles. The summed E-state index contributed by atoms with van der Waals surface area (Å²) < 4.78 is 0. The van der Waals surface area contributed by atoms with Crippen LogP contribution in [0, 0.1) is 11.3 Å². The average molecular weight is 561 g/mol. The van der Waals surface area contributed by atoms with Crippen molar-refractivity contribution in [3.8, 4) is 6.07 Å². The second-order valence-corrected chi connectivity index (χ2v) is 10.8. The Morgan fingerprint density at radius 3 is 1.36 bits per heavy atom. The van der Waals surface area contributed by atoms with Crippen LogP contribution in [-0.4, -0.2) is 0 Å². The lowest BCUT2D eigenvalue weighted by Crippen LogP contribution is -2.33. The highest BCUT2D eigenvalue weighted by Gasteiger charge is 2.51. The van der Waals surface area contributed by atoms with Gasteiger partial charge in [-0.2, -0.15) is 5.26 Å². The summed E-state index contributed by atoms with van der Waals surface area (Å²) in [4.78, 5) is 0. The first-order valence-corrected chi connectivity index (χ1v) is 12.6. The number of benzene rings is 4. The van der Waals surface area contributed by atoms with Crippen molar-refractivity contribution >= 4 is 52.8 Å². The number of nitriles is 1. The van der Waals surface area contributed by atoms with E-state index in [2.05, 4.69) is 91.1 Å². The van der Waals surface area contributed by atoms with Gasteiger partial charge in [0.05, 0.1) is 5.70 Å². The highest BCUT2D eigenvalue weighted by Crippen LogP contribution is 2.63.